The molecule has 1 unspecified atom stereocenters. The van der Waals surface area contributed by atoms with E-state index in [9.17, 15) is 28.2 Å². The summed E-state index contributed by atoms with van der Waals surface area (Å²) in [5.74, 6) is 0.361. The van der Waals surface area contributed by atoms with Gasteiger partial charge in [0.1, 0.15) is 11.9 Å². The maximum atomic E-state index is 13.4. The van der Waals surface area contributed by atoms with Gasteiger partial charge in [0.15, 0.2) is 5.60 Å². The fourth-order valence-electron chi connectivity index (χ4n) is 4.20. The first-order chi connectivity index (χ1) is 17.4. The van der Waals surface area contributed by atoms with Gasteiger partial charge in [-0.2, -0.15) is 13.2 Å². The van der Waals surface area contributed by atoms with Gasteiger partial charge in [0.05, 0.1) is 38.1 Å². The fourth-order valence-corrected chi connectivity index (χ4v) is 4.20. The summed E-state index contributed by atoms with van der Waals surface area (Å²) in [6, 6.07) is 11.6. The number of carbonyl (C=O) groups excluding carboxylic acids is 1. The minimum atomic E-state index is -4.45. The van der Waals surface area contributed by atoms with Crippen molar-refractivity contribution >= 4 is 5.91 Å². The Balaban J connectivity index is 1.78. The van der Waals surface area contributed by atoms with E-state index in [1.807, 2.05) is 19.9 Å². The monoisotopic (exact) mass is 525 g/mol. The number of alkyl halides is 3. The minimum absolute atomic E-state index is 0.0424. The number of aliphatic hydroxyl groups is 2. The van der Waals surface area contributed by atoms with E-state index >= 15 is 0 Å². The van der Waals surface area contributed by atoms with Crippen LogP contribution in [0, 0.1) is 5.92 Å². The third kappa shape index (κ3) is 7.67. The lowest BCUT2D eigenvalue weighted by Crippen LogP contribution is -2.60. The van der Waals surface area contributed by atoms with Crippen molar-refractivity contribution in [1.29, 1.82) is 0 Å². The highest BCUT2D eigenvalue weighted by Crippen LogP contribution is 2.36. The molecule has 0 saturated heterocycles. The number of aliphatic hydroxyl groups excluding tert-OH is 2. The standard InChI is InChI=1S/C27H34F3NO6/c1-17(2)14-31-25(34)26(37-16-19-5-4-6-21(11-19)35-3)12-22(32)24(33)23(13-26)36-15-18-7-9-20(10-8-18)27(28,29)30/h4-11,17,22-24,32-33H,12-16H2,1-3H3,(H,31,34)/t22-,23?,24-,26+/m1/s1. The Hall–Kier alpha value is -2.66. The van der Waals surface area contributed by atoms with Gasteiger partial charge >= 0.3 is 6.18 Å². The van der Waals surface area contributed by atoms with Crippen molar-refractivity contribution in [1.82, 2.24) is 5.32 Å². The smallest absolute Gasteiger partial charge is 0.416 e. The Kier molecular flexibility index (Phi) is 9.57. The van der Waals surface area contributed by atoms with Crippen molar-refractivity contribution in [3.63, 3.8) is 0 Å². The summed E-state index contributed by atoms with van der Waals surface area (Å²) < 4.78 is 55.8. The Bertz CT molecular complexity index is 1030. The van der Waals surface area contributed by atoms with Crippen LogP contribution < -0.4 is 10.1 Å². The zero-order valence-corrected chi connectivity index (χ0v) is 21.1. The predicted molar refractivity (Wildman–Crippen MR) is 130 cm³/mol. The van der Waals surface area contributed by atoms with Crippen molar-refractivity contribution in [2.75, 3.05) is 13.7 Å². The van der Waals surface area contributed by atoms with Crippen molar-refractivity contribution in [2.24, 2.45) is 5.92 Å². The lowest BCUT2D eigenvalue weighted by Gasteiger charge is -2.44. The van der Waals surface area contributed by atoms with Crippen molar-refractivity contribution in [2.45, 2.75) is 70.0 Å². The summed E-state index contributed by atoms with van der Waals surface area (Å²) in [4.78, 5) is 13.4. The van der Waals surface area contributed by atoms with Gasteiger partial charge in [-0.1, -0.05) is 38.1 Å². The number of benzene rings is 2. The molecule has 3 N–H and O–H groups in total. The van der Waals surface area contributed by atoms with E-state index in [2.05, 4.69) is 5.32 Å². The highest BCUT2D eigenvalue weighted by molar-refractivity contribution is 5.85. The van der Waals surface area contributed by atoms with Gasteiger partial charge < -0.3 is 29.7 Å². The Morgan fingerprint density at radius 1 is 1.08 bits per heavy atom. The van der Waals surface area contributed by atoms with E-state index in [0.717, 1.165) is 17.7 Å². The summed E-state index contributed by atoms with van der Waals surface area (Å²) in [6.45, 7) is 4.20. The third-order valence-electron chi connectivity index (χ3n) is 6.32. The Morgan fingerprint density at radius 3 is 2.41 bits per heavy atom. The molecule has 7 nitrogen and oxygen atoms in total. The van der Waals surface area contributed by atoms with Crippen molar-refractivity contribution < 1.29 is 42.4 Å². The van der Waals surface area contributed by atoms with E-state index in [1.165, 1.54) is 19.2 Å². The molecule has 204 valence electrons. The van der Waals surface area contributed by atoms with Crippen LogP contribution in [0.4, 0.5) is 13.2 Å². The predicted octanol–water partition coefficient (Wildman–Crippen LogP) is 3.84. The first-order valence-corrected chi connectivity index (χ1v) is 12.1. The van der Waals surface area contributed by atoms with Crippen molar-refractivity contribution in [3.8, 4) is 5.75 Å². The van der Waals surface area contributed by atoms with Gasteiger partial charge in [0.2, 0.25) is 0 Å². The number of hydrogen-bond acceptors (Lipinski definition) is 6. The first kappa shape index (κ1) is 28.9. The fraction of sp³-hybridized carbons (Fsp3) is 0.519. The highest BCUT2D eigenvalue weighted by Gasteiger charge is 2.51. The lowest BCUT2D eigenvalue weighted by atomic mass is 9.78. The molecule has 0 spiro atoms. The molecular weight excluding hydrogens is 491 g/mol. The molecule has 4 atom stereocenters. The van der Waals surface area contributed by atoms with Crippen LogP contribution in [-0.2, 0) is 33.7 Å². The minimum Gasteiger partial charge on any atom is -0.497 e. The van der Waals surface area contributed by atoms with Gasteiger partial charge in [-0.3, -0.25) is 4.79 Å². The van der Waals surface area contributed by atoms with Crippen molar-refractivity contribution in [3.05, 3.63) is 65.2 Å². The summed E-state index contributed by atoms with van der Waals surface area (Å²) in [7, 11) is 1.54. The number of amides is 1. The van der Waals surface area contributed by atoms with Crippen LogP contribution in [0.3, 0.4) is 0 Å². The molecule has 0 bridgehead atoms. The van der Waals surface area contributed by atoms with Crippen LogP contribution in [-0.4, -0.2) is 53.7 Å². The maximum Gasteiger partial charge on any atom is 0.416 e. The molecule has 3 rings (SSSR count). The van der Waals surface area contributed by atoms with E-state index in [4.69, 9.17) is 14.2 Å². The van der Waals surface area contributed by atoms with Crippen LogP contribution in [0.25, 0.3) is 0 Å². The van der Waals surface area contributed by atoms with Crippen LogP contribution in [0.2, 0.25) is 0 Å². The van der Waals surface area contributed by atoms with Crippen LogP contribution in [0.1, 0.15) is 43.4 Å². The number of hydrogen-bond donors (Lipinski definition) is 3. The number of halogens is 3. The summed E-state index contributed by atoms with van der Waals surface area (Å²) >= 11 is 0. The molecule has 1 saturated carbocycles. The molecule has 0 radical (unpaired) electrons. The second-order valence-electron chi connectivity index (χ2n) is 9.75. The Morgan fingerprint density at radius 2 is 1.78 bits per heavy atom. The van der Waals surface area contributed by atoms with Gasteiger partial charge in [-0.05, 0) is 41.3 Å². The number of carbonyl (C=O) groups is 1. The summed E-state index contributed by atoms with van der Waals surface area (Å²) in [5, 5.41) is 24.2. The van der Waals surface area contributed by atoms with Crippen LogP contribution in [0.15, 0.2) is 48.5 Å². The normalized spacial score (nSPS) is 24.2. The zero-order valence-electron chi connectivity index (χ0n) is 21.1. The molecule has 0 heterocycles. The van der Waals surface area contributed by atoms with Gasteiger partial charge in [-0.25, -0.2) is 0 Å². The van der Waals surface area contributed by atoms with E-state index < -0.39 is 41.6 Å². The zero-order chi connectivity index (χ0) is 27.2. The van der Waals surface area contributed by atoms with Gasteiger partial charge in [0.25, 0.3) is 5.91 Å². The average Bonchev–Trinajstić information content (AvgIpc) is 2.87. The Labute approximate surface area is 214 Å². The SMILES string of the molecule is COc1cccc(CO[C@]2(C(=O)NCC(C)C)CC(OCc3ccc(C(F)(F)F)cc3)[C@H](O)[C@H](O)C2)c1. The molecule has 2 aromatic carbocycles. The third-order valence-corrected chi connectivity index (χ3v) is 6.32. The highest BCUT2D eigenvalue weighted by atomic mass is 19.4. The maximum absolute atomic E-state index is 13.4. The largest absolute Gasteiger partial charge is 0.497 e. The summed E-state index contributed by atoms with van der Waals surface area (Å²) in [6.07, 6.45) is -8.28. The van der Waals surface area contributed by atoms with E-state index in [0.29, 0.717) is 17.9 Å². The number of methoxy groups -OCH3 is 1. The number of ether oxygens (including phenoxy) is 3. The topological polar surface area (TPSA) is 97.3 Å². The molecule has 37 heavy (non-hydrogen) atoms. The second-order valence-corrected chi connectivity index (χ2v) is 9.75. The van der Waals surface area contributed by atoms with Crippen LogP contribution in [0.5, 0.6) is 5.75 Å². The second kappa shape index (κ2) is 12.3. The quantitative estimate of drug-likeness (QED) is 0.436. The molecule has 1 aliphatic carbocycles. The molecule has 0 aromatic heterocycles. The molecule has 2 aromatic rings. The molecule has 0 aliphatic heterocycles. The molecule has 10 heteroatoms. The molecular formula is C27H34F3NO6. The average molecular weight is 526 g/mol. The number of nitrogens with one attached hydrogen (secondary N) is 1. The van der Waals surface area contributed by atoms with Gasteiger partial charge in [0, 0.05) is 19.4 Å². The molecule has 1 amide bonds. The summed E-state index contributed by atoms with van der Waals surface area (Å²) in [5.41, 5.74) is -1.08. The first-order valence-electron chi connectivity index (χ1n) is 12.1. The van der Waals surface area contributed by atoms with Crippen LogP contribution >= 0.6 is 0 Å². The molecule has 1 fully saturated rings. The lowest BCUT2D eigenvalue weighted by molar-refractivity contribution is -0.200. The van der Waals surface area contributed by atoms with E-state index in [-0.39, 0.29) is 32.0 Å². The van der Waals surface area contributed by atoms with E-state index in [1.54, 1.807) is 18.2 Å². The number of rotatable bonds is 10. The van der Waals surface area contributed by atoms with Gasteiger partial charge in [-0.15, -0.1) is 0 Å². The molecule has 1 aliphatic rings.